The van der Waals surface area contributed by atoms with Crippen LogP contribution in [0.25, 0.3) is 11.8 Å². The van der Waals surface area contributed by atoms with Gasteiger partial charge >= 0.3 is 0 Å². The molecule has 0 bridgehead atoms. The Balaban J connectivity index is 1.92. The molecule has 1 N–H and O–H groups in total. The third kappa shape index (κ3) is 4.79. The van der Waals surface area contributed by atoms with Crippen molar-refractivity contribution in [3.8, 4) is 11.8 Å². The number of rotatable bonds is 6. The van der Waals surface area contributed by atoms with E-state index in [1.807, 2.05) is 39.8 Å². The van der Waals surface area contributed by atoms with Gasteiger partial charge in [0.2, 0.25) is 19.3 Å². The van der Waals surface area contributed by atoms with Crippen LogP contribution in [0.4, 0.5) is 5.13 Å². The van der Waals surface area contributed by atoms with Crippen LogP contribution in [0.15, 0.2) is 34.2 Å². The Morgan fingerprint density at radius 2 is 1.81 bits per heavy atom. The molecule has 0 aliphatic carbocycles. The molecule has 166 valence electrons. The fourth-order valence-corrected chi connectivity index (χ4v) is 5.37. The van der Waals surface area contributed by atoms with Gasteiger partial charge in [-0.05, 0) is 68.7 Å². The first kappa shape index (κ1) is 23.4. The maximum Gasteiger partial charge on any atom is 0.268 e. The lowest BCUT2D eigenvalue weighted by atomic mass is 10.1. The van der Waals surface area contributed by atoms with Crippen LogP contribution in [-0.2, 0) is 14.6 Å². The van der Waals surface area contributed by atoms with Gasteiger partial charge in [0.1, 0.15) is 11.6 Å². The summed E-state index contributed by atoms with van der Waals surface area (Å²) in [4.78, 5) is 12.6. The number of hydrogen-bond acceptors (Lipinski definition) is 7. The molecule has 0 saturated carbocycles. The molecular formula is C22H23N5O3S2. The third-order valence-corrected chi connectivity index (χ3v) is 7.89. The topological polar surface area (TPSA) is 118 Å². The van der Waals surface area contributed by atoms with Crippen molar-refractivity contribution in [2.24, 2.45) is 0 Å². The average Bonchev–Trinajstić information content (AvgIpc) is 3.29. The average molecular weight is 470 g/mol. The largest absolute Gasteiger partial charge is 0.318 e. The second-order valence-corrected chi connectivity index (χ2v) is 10.8. The van der Waals surface area contributed by atoms with Gasteiger partial charge in [0.15, 0.2) is 0 Å². The summed E-state index contributed by atoms with van der Waals surface area (Å²) in [7, 11) is -3.52. The minimum atomic E-state index is -3.52. The summed E-state index contributed by atoms with van der Waals surface area (Å²) < 4.78 is 25.7. The van der Waals surface area contributed by atoms with Crippen LogP contribution >= 0.6 is 11.3 Å². The van der Waals surface area contributed by atoms with Crippen LogP contribution in [0.5, 0.6) is 0 Å². The molecule has 1 aromatic carbocycles. The molecule has 0 aliphatic heterocycles. The van der Waals surface area contributed by atoms with Gasteiger partial charge in [-0.1, -0.05) is 24.3 Å². The second kappa shape index (κ2) is 9.06. The summed E-state index contributed by atoms with van der Waals surface area (Å²) in [6, 6.07) is 10.1. The zero-order chi connectivity index (χ0) is 23.6. The number of amides is 1. The van der Waals surface area contributed by atoms with Crippen molar-refractivity contribution in [3.63, 3.8) is 0 Å². The minimum absolute atomic E-state index is 0.0175. The number of carbonyl (C=O) groups excluding carboxylic acids is 1. The van der Waals surface area contributed by atoms with E-state index in [4.69, 9.17) is 0 Å². The Bertz CT molecular complexity index is 1350. The van der Waals surface area contributed by atoms with Gasteiger partial charge < -0.3 is 4.57 Å². The van der Waals surface area contributed by atoms with Gasteiger partial charge in [-0.15, -0.1) is 10.2 Å². The Morgan fingerprint density at radius 1 is 1.16 bits per heavy atom. The summed E-state index contributed by atoms with van der Waals surface area (Å²) in [5, 5.41) is 19.3. The van der Waals surface area contributed by atoms with Gasteiger partial charge in [-0.3, -0.25) is 10.1 Å². The van der Waals surface area contributed by atoms with Crippen molar-refractivity contribution in [2.75, 3.05) is 11.1 Å². The van der Waals surface area contributed by atoms with Crippen molar-refractivity contribution in [3.05, 3.63) is 57.9 Å². The molecule has 0 unspecified atom stereocenters. The lowest BCUT2D eigenvalue weighted by molar-refractivity contribution is -0.112. The highest BCUT2D eigenvalue weighted by atomic mass is 32.2. The molecule has 32 heavy (non-hydrogen) atoms. The smallest absolute Gasteiger partial charge is 0.268 e. The molecule has 0 radical (unpaired) electrons. The van der Waals surface area contributed by atoms with Gasteiger partial charge in [-0.25, -0.2) is 8.42 Å². The Labute approximate surface area is 191 Å². The summed E-state index contributed by atoms with van der Waals surface area (Å²) in [6.07, 6.45) is 1.52. The minimum Gasteiger partial charge on any atom is -0.318 e. The molecule has 8 nitrogen and oxygen atoms in total. The number of nitrogens with zero attached hydrogens (tertiary/aromatic N) is 4. The number of nitriles is 1. The quantitative estimate of drug-likeness (QED) is 0.332. The monoisotopic (exact) mass is 469 g/mol. The second-order valence-electron chi connectivity index (χ2n) is 7.41. The number of aromatic nitrogens is 3. The first-order valence-corrected chi connectivity index (χ1v) is 12.3. The van der Waals surface area contributed by atoms with Crippen LogP contribution in [0.1, 0.15) is 35.0 Å². The van der Waals surface area contributed by atoms with Gasteiger partial charge in [0.25, 0.3) is 5.91 Å². The van der Waals surface area contributed by atoms with E-state index >= 15 is 0 Å². The van der Waals surface area contributed by atoms with Gasteiger partial charge in [0.05, 0.1) is 5.75 Å². The summed E-state index contributed by atoms with van der Waals surface area (Å²) in [5.41, 5.74) is 5.76. The van der Waals surface area contributed by atoms with Crippen LogP contribution in [-0.4, -0.2) is 34.8 Å². The summed E-state index contributed by atoms with van der Waals surface area (Å²) in [5.74, 6) is -0.796. The van der Waals surface area contributed by atoms with E-state index < -0.39 is 15.7 Å². The van der Waals surface area contributed by atoms with E-state index in [1.165, 1.54) is 13.0 Å². The number of anilines is 1. The Kier molecular flexibility index (Phi) is 6.62. The highest BCUT2D eigenvalue weighted by Crippen LogP contribution is 2.25. The van der Waals surface area contributed by atoms with E-state index in [1.54, 1.807) is 0 Å². The number of carbonyl (C=O) groups is 1. The fraction of sp³-hybridized carbons (Fsp3) is 0.273. The molecule has 0 spiro atoms. The molecule has 3 aromatic rings. The van der Waals surface area contributed by atoms with Crippen molar-refractivity contribution >= 4 is 38.3 Å². The molecular weight excluding hydrogens is 446 g/mol. The maximum absolute atomic E-state index is 12.6. The number of benzene rings is 1. The lowest BCUT2D eigenvalue weighted by Crippen LogP contribution is -2.13. The molecule has 0 atom stereocenters. The zero-order valence-electron chi connectivity index (χ0n) is 18.4. The fourth-order valence-electron chi connectivity index (χ4n) is 3.39. The molecule has 0 saturated heterocycles. The van der Waals surface area contributed by atoms with Gasteiger partial charge in [0, 0.05) is 17.1 Å². The van der Waals surface area contributed by atoms with Gasteiger partial charge in [-0.2, -0.15) is 5.26 Å². The van der Waals surface area contributed by atoms with E-state index in [2.05, 4.69) is 38.3 Å². The molecule has 2 heterocycles. The van der Waals surface area contributed by atoms with E-state index in [9.17, 15) is 18.5 Å². The standard InChI is InChI=1S/C22H23N5O3S2/c1-6-32(29,30)22-26-25-21(31-22)24-20(28)18(12-23)11-17-10-15(4)27(16(17)5)19-8-13(2)7-14(3)9-19/h7-11H,6H2,1-5H3,(H,24,25,28). The van der Waals surface area contributed by atoms with Crippen LogP contribution in [0.2, 0.25) is 0 Å². The molecule has 2 aromatic heterocycles. The number of nitrogens with one attached hydrogen (secondary N) is 1. The van der Waals surface area contributed by atoms with Crippen molar-refractivity contribution in [1.29, 1.82) is 5.26 Å². The highest BCUT2D eigenvalue weighted by Gasteiger charge is 2.20. The predicted molar refractivity (Wildman–Crippen MR) is 125 cm³/mol. The third-order valence-electron chi connectivity index (χ3n) is 4.87. The van der Waals surface area contributed by atoms with E-state index in [0.29, 0.717) is 0 Å². The van der Waals surface area contributed by atoms with Crippen molar-refractivity contribution in [1.82, 2.24) is 14.8 Å². The molecule has 1 amide bonds. The van der Waals surface area contributed by atoms with Crippen LogP contribution < -0.4 is 5.32 Å². The first-order valence-electron chi connectivity index (χ1n) is 9.82. The van der Waals surface area contributed by atoms with Crippen LogP contribution in [0, 0.1) is 39.0 Å². The van der Waals surface area contributed by atoms with E-state index in [0.717, 1.165) is 45.1 Å². The van der Waals surface area contributed by atoms with E-state index in [-0.39, 0.29) is 20.8 Å². The molecule has 0 aliphatic rings. The maximum atomic E-state index is 12.6. The summed E-state index contributed by atoms with van der Waals surface area (Å²) in [6.45, 7) is 9.46. The normalized spacial score (nSPS) is 11.9. The van der Waals surface area contributed by atoms with Crippen molar-refractivity contribution < 1.29 is 13.2 Å². The number of aryl methyl sites for hydroxylation is 3. The van der Waals surface area contributed by atoms with Crippen LogP contribution in [0.3, 0.4) is 0 Å². The molecule has 0 fully saturated rings. The van der Waals surface area contributed by atoms with Crippen molar-refractivity contribution in [2.45, 2.75) is 39.0 Å². The predicted octanol–water partition coefficient (Wildman–Crippen LogP) is 3.90. The molecule has 10 heteroatoms. The SMILES string of the molecule is CCS(=O)(=O)c1nnc(NC(=O)C(C#N)=Cc2cc(C)n(-c3cc(C)cc(C)c3)c2C)s1. The highest BCUT2D eigenvalue weighted by molar-refractivity contribution is 7.93. The number of sulfone groups is 1. The Morgan fingerprint density at radius 3 is 2.41 bits per heavy atom. The lowest BCUT2D eigenvalue weighted by Gasteiger charge is -2.12. The Hall–Kier alpha value is -3.29. The zero-order valence-corrected chi connectivity index (χ0v) is 20.1. The number of hydrogen-bond donors (Lipinski definition) is 1. The summed E-state index contributed by atoms with van der Waals surface area (Å²) >= 11 is 0.754. The first-order chi connectivity index (χ1) is 15.1. The molecule has 3 rings (SSSR count).